The Kier molecular flexibility index (Phi) is 5.12. The van der Waals surface area contributed by atoms with Gasteiger partial charge in [0.1, 0.15) is 5.75 Å². The Morgan fingerprint density at radius 1 is 1.28 bits per heavy atom. The van der Waals surface area contributed by atoms with E-state index >= 15 is 0 Å². The number of rotatable bonds is 6. The van der Waals surface area contributed by atoms with Crippen molar-refractivity contribution in [3.05, 3.63) is 29.8 Å². The van der Waals surface area contributed by atoms with E-state index in [2.05, 4.69) is 5.48 Å². The van der Waals surface area contributed by atoms with Gasteiger partial charge in [-0.2, -0.15) is 5.48 Å². The van der Waals surface area contributed by atoms with E-state index in [0.717, 1.165) is 5.56 Å². The van der Waals surface area contributed by atoms with E-state index < -0.39 is 5.91 Å². The van der Waals surface area contributed by atoms with E-state index in [1.54, 1.807) is 12.1 Å². The van der Waals surface area contributed by atoms with Gasteiger partial charge in [0.2, 0.25) is 0 Å². The first kappa shape index (κ1) is 14.5. The zero-order valence-electron chi connectivity index (χ0n) is 11.0. The molecule has 5 heteroatoms. The molecule has 0 spiro atoms. The van der Waals surface area contributed by atoms with Crippen LogP contribution in [0.1, 0.15) is 26.3 Å². The zero-order valence-corrected chi connectivity index (χ0v) is 11.0. The summed E-state index contributed by atoms with van der Waals surface area (Å²) in [5.74, 6) is 0.133. The highest BCUT2D eigenvalue weighted by Crippen LogP contribution is 2.12. The highest BCUT2D eigenvalue weighted by atomic mass is 16.7. The van der Waals surface area contributed by atoms with Crippen LogP contribution >= 0.6 is 0 Å². The summed E-state index contributed by atoms with van der Waals surface area (Å²) in [5.41, 5.74) is 8.73. The Morgan fingerprint density at radius 3 is 2.39 bits per heavy atom. The molecule has 1 rings (SSSR count). The van der Waals surface area contributed by atoms with Gasteiger partial charge in [-0.15, -0.1) is 0 Å². The molecule has 1 aromatic carbocycles. The molecule has 0 aliphatic heterocycles. The fourth-order valence-corrected chi connectivity index (χ4v) is 1.19. The van der Waals surface area contributed by atoms with Crippen LogP contribution in [0.15, 0.2) is 24.3 Å². The van der Waals surface area contributed by atoms with E-state index in [1.165, 1.54) is 0 Å². The minimum absolute atomic E-state index is 0.106. The van der Waals surface area contributed by atoms with Crippen LogP contribution in [-0.2, 0) is 16.2 Å². The molecule has 0 saturated carbocycles. The number of nitrogens with two attached hydrogens (primary N) is 1. The number of hydrogen-bond acceptors (Lipinski definition) is 4. The molecule has 1 amide bonds. The van der Waals surface area contributed by atoms with Crippen LogP contribution in [0.3, 0.4) is 0 Å². The lowest BCUT2D eigenvalue weighted by atomic mass is 10.2. The van der Waals surface area contributed by atoms with Crippen LogP contribution in [0.5, 0.6) is 5.75 Å². The molecule has 0 saturated heterocycles. The van der Waals surface area contributed by atoms with Gasteiger partial charge in [-0.25, -0.2) is 0 Å². The summed E-state index contributed by atoms with van der Waals surface area (Å²) >= 11 is 0. The first-order valence-corrected chi connectivity index (χ1v) is 5.78. The molecule has 0 bridgehead atoms. The maximum Gasteiger partial charge on any atom is 0.255 e. The first-order valence-electron chi connectivity index (χ1n) is 5.78. The summed E-state index contributed by atoms with van der Waals surface area (Å²) < 4.78 is 5.15. The number of hydroxylamine groups is 1. The molecule has 0 aromatic heterocycles. The Morgan fingerprint density at radius 2 is 1.89 bits per heavy atom. The number of primary amides is 1. The summed E-state index contributed by atoms with van der Waals surface area (Å²) in [6.45, 7) is 6.42. The van der Waals surface area contributed by atoms with Gasteiger partial charge in [0.15, 0.2) is 6.61 Å². The molecule has 0 radical (unpaired) electrons. The molecule has 0 atom stereocenters. The van der Waals surface area contributed by atoms with Crippen molar-refractivity contribution in [3.63, 3.8) is 0 Å². The van der Waals surface area contributed by atoms with Gasteiger partial charge < -0.3 is 10.5 Å². The maximum absolute atomic E-state index is 10.5. The summed E-state index contributed by atoms with van der Waals surface area (Å²) in [7, 11) is 0. The highest BCUT2D eigenvalue weighted by molar-refractivity contribution is 5.75. The van der Waals surface area contributed by atoms with E-state index in [9.17, 15) is 4.79 Å². The molecule has 18 heavy (non-hydrogen) atoms. The molecular weight excluding hydrogens is 232 g/mol. The molecular formula is C13H20N2O3. The summed E-state index contributed by atoms with van der Waals surface area (Å²) in [6.07, 6.45) is 0. The maximum atomic E-state index is 10.5. The van der Waals surface area contributed by atoms with Gasteiger partial charge in [-0.1, -0.05) is 12.1 Å². The fraction of sp³-hybridized carbons (Fsp3) is 0.462. The predicted molar refractivity (Wildman–Crippen MR) is 68.8 cm³/mol. The summed E-state index contributed by atoms with van der Waals surface area (Å²) in [4.78, 5) is 15.9. The van der Waals surface area contributed by atoms with Gasteiger partial charge in [0.25, 0.3) is 5.91 Å². The number of carbonyl (C=O) groups is 1. The van der Waals surface area contributed by atoms with Gasteiger partial charge in [0.05, 0.1) is 5.60 Å². The second kappa shape index (κ2) is 6.37. The third-order valence-electron chi connectivity index (χ3n) is 1.96. The van der Waals surface area contributed by atoms with Crippen LogP contribution in [0, 0.1) is 0 Å². The van der Waals surface area contributed by atoms with Crippen LogP contribution in [0.4, 0.5) is 0 Å². The number of hydrogen-bond donors (Lipinski definition) is 2. The summed E-state index contributed by atoms with van der Waals surface area (Å²) in [5, 5.41) is 0. The van der Waals surface area contributed by atoms with Crippen molar-refractivity contribution in [2.75, 3.05) is 6.61 Å². The van der Waals surface area contributed by atoms with Crippen LogP contribution in [0.25, 0.3) is 0 Å². The minimum Gasteiger partial charge on any atom is -0.484 e. The lowest BCUT2D eigenvalue weighted by Crippen LogP contribution is -2.28. The normalized spacial score (nSPS) is 11.3. The van der Waals surface area contributed by atoms with Crippen molar-refractivity contribution in [2.24, 2.45) is 5.73 Å². The van der Waals surface area contributed by atoms with Crippen LogP contribution < -0.4 is 16.0 Å². The van der Waals surface area contributed by atoms with Crippen molar-refractivity contribution in [2.45, 2.75) is 32.9 Å². The Bertz CT molecular complexity index is 382. The molecule has 0 unspecified atom stereocenters. The Labute approximate surface area is 107 Å². The van der Waals surface area contributed by atoms with Crippen molar-refractivity contribution >= 4 is 5.91 Å². The largest absolute Gasteiger partial charge is 0.484 e. The average Bonchev–Trinajstić information content (AvgIpc) is 2.26. The predicted octanol–water partition coefficient (Wildman–Crippen LogP) is 1.37. The van der Waals surface area contributed by atoms with Crippen molar-refractivity contribution in [3.8, 4) is 5.75 Å². The quantitative estimate of drug-likeness (QED) is 0.750. The number of ether oxygens (including phenoxy) is 1. The molecule has 1 aromatic rings. The molecule has 0 aliphatic carbocycles. The number of benzene rings is 1. The van der Waals surface area contributed by atoms with Crippen LogP contribution in [0.2, 0.25) is 0 Å². The third kappa shape index (κ3) is 6.22. The zero-order chi connectivity index (χ0) is 13.6. The van der Waals surface area contributed by atoms with E-state index in [0.29, 0.717) is 12.3 Å². The molecule has 100 valence electrons. The lowest BCUT2D eigenvalue weighted by molar-refractivity contribution is -0.119. The number of amides is 1. The molecule has 0 fully saturated rings. The van der Waals surface area contributed by atoms with E-state index in [4.69, 9.17) is 15.3 Å². The van der Waals surface area contributed by atoms with Gasteiger partial charge in [-0.3, -0.25) is 9.63 Å². The van der Waals surface area contributed by atoms with Crippen LogP contribution in [-0.4, -0.2) is 18.1 Å². The molecule has 0 heterocycles. The standard InChI is InChI=1S/C13H20N2O3/c1-13(2,3)18-15-8-10-4-6-11(7-5-10)17-9-12(14)16/h4-7,15H,8-9H2,1-3H3,(H2,14,16). The smallest absolute Gasteiger partial charge is 0.255 e. The second-order valence-corrected chi connectivity index (χ2v) is 4.93. The Balaban J connectivity index is 2.38. The monoisotopic (exact) mass is 252 g/mol. The lowest BCUT2D eigenvalue weighted by Gasteiger charge is -2.19. The average molecular weight is 252 g/mol. The van der Waals surface area contributed by atoms with E-state index in [1.807, 2.05) is 32.9 Å². The minimum atomic E-state index is -0.487. The first-order chi connectivity index (χ1) is 8.37. The second-order valence-electron chi connectivity index (χ2n) is 4.93. The molecule has 5 nitrogen and oxygen atoms in total. The number of nitrogens with one attached hydrogen (secondary N) is 1. The van der Waals surface area contributed by atoms with Gasteiger partial charge in [-0.05, 0) is 38.5 Å². The Hall–Kier alpha value is -1.59. The third-order valence-corrected chi connectivity index (χ3v) is 1.96. The van der Waals surface area contributed by atoms with Crippen molar-refractivity contribution in [1.29, 1.82) is 0 Å². The van der Waals surface area contributed by atoms with Crippen molar-refractivity contribution in [1.82, 2.24) is 5.48 Å². The fourth-order valence-electron chi connectivity index (χ4n) is 1.19. The van der Waals surface area contributed by atoms with Gasteiger partial charge >= 0.3 is 0 Å². The summed E-state index contributed by atoms with van der Waals surface area (Å²) in [6, 6.07) is 7.37. The van der Waals surface area contributed by atoms with Crippen molar-refractivity contribution < 1.29 is 14.4 Å². The van der Waals surface area contributed by atoms with E-state index in [-0.39, 0.29) is 12.2 Å². The van der Waals surface area contributed by atoms with Gasteiger partial charge in [0, 0.05) is 6.54 Å². The SMILES string of the molecule is CC(C)(C)ONCc1ccc(OCC(N)=O)cc1. The highest BCUT2D eigenvalue weighted by Gasteiger charge is 2.09. The topological polar surface area (TPSA) is 73.6 Å². The molecule has 3 N–H and O–H groups in total. The molecule has 0 aliphatic rings. The number of carbonyl (C=O) groups excluding carboxylic acids is 1.